The summed E-state index contributed by atoms with van der Waals surface area (Å²) in [7, 11) is 0. The molecule has 1 N–H and O–H groups in total. The fourth-order valence-corrected chi connectivity index (χ4v) is 2.46. The maximum atomic E-state index is 5.82. The number of benzene rings is 1. The van der Waals surface area contributed by atoms with Crippen LogP contribution in [0.3, 0.4) is 0 Å². The van der Waals surface area contributed by atoms with E-state index < -0.39 is 0 Å². The molecule has 0 heterocycles. The fourth-order valence-electron chi connectivity index (χ4n) is 2.46. The van der Waals surface area contributed by atoms with E-state index in [0.717, 1.165) is 12.3 Å². The fraction of sp³-hybridized carbons (Fsp3) is 0.667. The summed E-state index contributed by atoms with van der Waals surface area (Å²) < 4.78 is 5.82. The van der Waals surface area contributed by atoms with Gasteiger partial charge in [0, 0.05) is 6.04 Å². The lowest BCUT2D eigenvalue weighted by Crippen LogP contribution is -2.22. The van der Waals surface area contributed by atoms with Crippen molar-refractivity contribution in [3.05, 3.63) is 29.8 Å². The van der Waals surface area contributed by atoms with Gasteiger partial charge >= 0.3 is 0 Å². The van der Waals surface area contributed by atoms with Gasteiger partial charge in [0.25, 0.3) is 0 Å². The Labute approximate surface area is 123 Å². The van der Waals surface area contributed by atoms with Crippen molar-refractivity contribution in [2.24, 2.45) is 0 Å². The molecule has 1 aromatic carbocycles. The van der Waals surface area contributed by atoms with Crippen LogP contribution in [-0.2, 0) is 0 Å². The van der Waals surface area contributed by atoms with Gasteiger partial charge in [-0.3, -0.25) is 0 Å². The normalized spacial score (nSPS) is 16.1. The topological polar surface area (TPSA) is 21.3 Å². The Morgan fingerprint density at radius 2 is 1.85 bits per heavy atom. The van der Waals surface area contributed by atoms with Gasteiger partial charge in [0.1, 0.15) is 5.75 Å². The third-order valence-corrected chi connectivity index (χ3v) is 3.85. The molecule has 1 fully saturated rings. The van der Waals surface area contributed by atoms with Crippen molar-refractivity contribution in [2.45, 2.75) is 70.9 Å². The Hall–Kier alpha value is -1.02. The molecule has 1 unspecified atom stereocenters. The summed E-state index contributed by atoms with van der Waals surface area (Å²) >= 11 is 0. The molecule has 20 heavy (non-hydrogen) atoms. The van der Waals surface area contributed by atoms with Crippen molar-refractivity contribution in [1.29, 1.82) is 0 Å². The van der Waals surface area contributed by atoms with Crippen molar-refractivity contribution in [3.63, 3.8) is 0 Å². The SMILES string of the molecule is CCCCCC(NCCC)c1ccc(OC2CC2)cc1. The van der Waals surface area contributed by atoms with Gasteiger partial charge < -0.3 is 10.1 Å². The van der Waals surface area contributed by atoms with Crippen LogP contribution < -0.4 is 10.1 Å². The van der Waals surface area contributed by atoms with Gasteiger partial charge in [-0.05, 0) is 49.9 Å². The average Bonchev–Trinajstić information content (AvgIpc) is 3.28. The van der Waals surface area contributed by atoms with Gasteiger partial charge in [-0.1, -0.05) is 45.2 Å². The third kappa shape index (κ3) is 5.16. The molecule has 0 aromatic heterocycles. The first kappa shape index (κ1) is 15.4. The number of rotatable bonds is 10. The lowest BCUT2D eigenvalue weighted by Gasteiger charge is -2.19. The summed E-state index contributed by atoms with van der Waals surface area (Å²) in [5, 5.41) is 3.68. The van der Waals surface area contributed by atoms with Crippen LogP contribution in [0.15, 0.2) is 24.3 Å². The summed E-state index contributed by atoms with van der Waals surface area (Å²) in [4.78, 5) is 0. The maximum absolute atomic E-state index is 5.82. The zero-order valence-electron chi connectivity index (χ0n) is 13.0. The van der Waals surface area contributed by atoms with Crippen molar-refractivity contribution in [1.82, 2.24) is 5.32 Å². The molecule has 0 radical (unpaired) electrons. The van der Waals surface area contributed by atoms with Crippen molar-refractivity contribution >= 4 is 0 Å². The minimum absolute atomic E-state index is 0.486. The largest absolute Gasteiger partial charge is 0.490 e. The second-order valence-corrected chi connectivity index (χ2v) is 5.89. The molecular formula is C18H29NO. The number of hydrogen-bond donors (Lipinski definition) is 1. The second-order valence-electron chi connectivity index (χ2n) is 5.89. The lowest BCUT2D eigenvalue weighted by molar-refractivity contribution is 0.303. The monoisotopic (exact) mass is 275 g/mol. The Morgan fingerprint density at radius 1 is 1.10 bits per heavy atom. The number of hydrogen-bond acceptors (Lipinski definition) is 2. The molecule has 1 atom stereocenters. The van der Waals surface area contributed by atoms with E-state index in [1.807, 2.05) is 0 Å². The highest BCUT2D eigenvalue weighted by Crippen LogP contribution is 2.28. The van der Waals surface area contributed by atoms with E-state index in [4.69, 9.17) is 4.74 Å². The van der Waals surface area contributed by atoms with Crippen LogP contribution in [0.2, 0.25) is 0 Å². The molecular weight excluding hydrogens is 246 g/mol. The van der Waals surface area contributed by atoms with Crippen LogP contribution in [0, 0.1) is 0 Å². The molecule has 0 saturated heterocycles. The first-order valence-corrected chi connectivity index (χ1v) is 8.33. The summed E-state index contributed by atoms with van der Waals surface area (Å²) in [5.41, 5.74) is 1.40. The van der Waals surface area contributed by atoms with Crippen LogP contribution in [0.1, 0.15) is 70.4 Å². The third-order valence-electron chi connectivity index (χ3n) is 3.85. The van der Waals surface area contributed by atoms with E-state index in [0.29, 0.717) is 12.1 Å². The summed E-state index contributed by atoms with van der Waals surface area (Å²) in [6, 6.07) is 9.23. The minimum atomic E-state index is 0.486. The van der Waals surface area contributed by atoms with Crippen LogP contribution in [0.25, 0.3) is 0 Å². The van der Waals surface area contributed by atoms with E-state index in [2.05, 4.69) is 43.4 Å². The van der Waals surface area contributed by atoms with Gasteiger partial charge in [0.15, 0.2) is 0 Å². The van der Waals surface area contributed by atoms with Crippen LogP contribution >= 0.6 is 0 Å². The Bertz CT molecular complexity index is 370. The molecule has 1 saturated carbocycles. The van der Waals surface area contributed by atoms with E-state index in [-0.39, 0.29) is 0 Å². The zero-order chi connectivity index (χ0) is 14.2. The summed E-state index contributed by atoms with van der Waals surface area (Å²) in [6.45, 7) is 5.58. The molecule has 0 bridgehead atoms. The molecule has 0 spiro atoms. The predicted octanol–water partition coefficient (Wildman–Crippen LogP) is 4.85. The summed E-state index contributed by atoms with van der Waals surface area (Å²) in [5.74, 6) is 1.03. The highest BCUT2D eigenvalue weighted by atomic mass is 16.5. The molecule has 1 aliphatic rings. The first-order chi connectivity index (χ1) is 9.83. The summed E-state index contributed by atoms with van der Waals surface area (Å²) in [6.07, 6.45) is 9.27. The molecule has 0 aliphatic heterocycles. The van der Waals surface area contributed by atoms with Crippen LogP contribution in [0.5, 0.6) is 5.75 Å². The van der Waals surface area contributed by atoms with Crippen molar-refractivity contribution in [3.8, 4) is 5.75 Å². The Morgan fingerprint density at radius 3 is 2.45 bits per heavy atom. The van der Waals surface area contributed by atoms with Gasteiger partial charge in [0.2, 0.25) is 0 Å². The van der Waals surface area contributed by atoms with E-state index in [1.165, 1.54) is 50.5 Å². The molecule has 2 heteroatoms. The van der Waals surface area contributed by atoms with Crippen molar-refractivity contribution < 1.29 is 4.74 Å². The highest BCUT2D eigenvalue weighted by molar-refractivity contribution is 5.29. The van der Waals surface area contributed by atoms with Crippen LogP contribution in [0.4, 0.5) is 0 Å². The smallest absolute Gasteiger partial charge is 0.119 e. The predicted molar refractivity (Wildman–Crippen MR) is 85.3 cm³/mol. The molecule has 1 aliphatic carbocycles. The number of nitrogens with one attached hydrogen (secondary N) is 1. The quantitative estimate of drug-likeness (QED) is 0.616. The molecule has 0 amide bonds. The van der Waals surface area contributed by atoms with Crippen molar-refractivity contribution in [2.75, 3.05) is 6.54 Å². The first-order valence-electron chi connectivity index (χ1n) is 8.33. The second kappa shape index (κ2) is 8.31. The molecule has 1 aromatic rings. The molecule has 112 valence electrons. The van der Waals surface area contributed by atoms with Gasteiger partial charge in [-0.15, -0.1) is 0 Å². The maximum Gasteiger partial charge on any atom is 0.119 e. The number of ether oxygens (including phenoxy) is 1. The highest BCUT2D eigenvalue weighted by Gasteiger charge is 2.23. The van der Waals surface area contributed by atoms with E-state index in [9.17, 15) is 0 Å². The Kier molecular flexibility index (Phi) is 6.38. The van der Waals surface area contributed by atoms with Gasteiger partial charge in [0.05, 0.1) is 6.10 Å². The zero-order valence-corrected chi connectivity index (χ0v) is 13.0. The standard InChI is InChI=1S/C18H29NO/c1-3-5-6-7-18(19-14-4-2)15-8-10-16(11-9-15)20-17-12-13-17/h8-11,17-19H,3-7,12-14H2,1-2H3. The van der Waals surface area contributed by atoms with Gasteiger partial charge in [-0.2, -0.15) is 0 Å². The lowest BCUT2D eigenvalue weighted by atomic mass is 10.00. The Balaban J connectivity index is 1.90. The number of unbranched alkanes of at least 4 members (excludes halogenated alkanes) is 2. The molecule has 2 nitrogen and oxygen atoms in total. The van der Waals surface area contributed by atoms with Crippen LogP contribution in [-0.4, -0.2) is 12.6 Å². The van der Waals surface area contributed by atoms with E-state index in [1.54, 1.807) is 0 Å². The minimum Gasteiger partial charge on any atom is -0.490 e. The average molecular weight is 275 g/mol. The molecule has 2 rings (SSSR count). The van der Waals surface area contributed by atoms with Gasteiger partial charge in [-0.25, -0.2) is 0 Å². The van der Waals surface area contributed by atoms with E-state index >= 15 is 0 Å².